The second-order valence-corrected chi connectivity index (χ2v) is 8.98. The highest BCUT2D eigenvalue weighted by atomic mass is 16.2. The Hall–Kier alpha value is -2.89. The predicted octanol–water partition coefficient (Wildman–Crippen LogP) is 4.47. The maximum atomic E-state index is 13.5. The molecule has 1 saturated heterocycles. The van der Waals surface area contributed by atoms with Gasteiger partial charge in [0.2, 0.25) is 5.91 Å². The molecule has 1 amide bonds. The number of carbonyl (C=O) groups is 1. The summed E-state index contributed by atoms with van der Waals surface area (Å²) in [5.74, 6) is 0.168. The maximum absolute atomic E-state index is 13.5. The Labute approximate surface area is 189 Å². The molecule has 170 valence electrons. The number of likely N-dealkylation sites (tertiary alicyclic amines) is 1. The summed E-state index contributed by atoms with van der Waals surface area (Å²) in [6.07, 6.45) is 5.42. The number of nitrogens with zero attached hydrogens (tertiary/aromatic N) is 4. The molecule has 4 rings (SSSR count). The molecule has 0 aliphatic carbocycles. The zero-order valence-corrected chi connectivity index (χ0v) is 19.8. The van der Waals surface area contributed by atoms with Crippen LogP contribution in [0.25, 0.3) is 16.7 Å². The van der Waals surface area contributed by atoms with Crippen LogP contribution in [0.3, 0.4) is 0 Å². The summed E-state index contributed by atoms with van der Waals surface area (Å²) < 4.78 is 3.71. The first kappa shape index (κ1) is 22.3. The minimum Gasteiger partial charge on any atom is -0.343 e. The molecular formula is C26H34N4O2. The second kappa shape index (κ2) is 9.31. The smallest absolute Gasteiger partial charge is 0.255 e. The van der Waals surface area contributed by atoms with Gasteiger partial charge in [0.15, 0.2) is 0 Å². The Kier molecular flexibility index (Phi) is 6.49. The van der Waals surface area contributed by atoms with Gasteiger partial charge in [0.05, 0.1) is 11.4 Å². The number of hydrogen-bond acceptors (Lipinski definition) is 3. The molecule has 0 bridgehead atoms. The summed E-state index contributed by atoms with van der Waals surface area (Å²) in [6.45, 7) is 10.3. The molecule has 2 aromatic heterocycles. The third kappa shape index (κ3) is 4.10. The van der Waals surface area contributed by atoms with E-state index in [1.807, 2.05) is 47.1 Å². The van der Waals surface area contributed by atoms with Gasteiger partial charge in [-0.25, -0.2) is 4.68 Å². The standard InChI is InChI=1S/C26H34N4O2/c1-5-29-25-24(20(4)27-30(25)21-12-10-11-18(2)17-21)19(3)22(26(29)32)13-14-23(31)28-15-8-6-7-9-16-28/h10-12,17H,5-9,13-16H2,1-4H3. The molecule has 0 atom stereocenters. The summed E-state index contributed by atoms with van der Waals surface area (Å²) in [5, 5.41) is 5.83. The third-order valence-electron chi connectivity index (χ3n) is 6.73. The molecule has 1 aliphatic heterocycles. The molecule has 0 N–H and O–H groups in total. The van der Waals surface area contributed by atoms with Crippen molar-refractivity contribution in [3.63, 3.8) is 0 Å². The van der Waals surface area contributed by atoms with Crippen molar-refractivity contribution < 1.29 is 4.79 Å². The van der Waals surface area contributed by atoms with Crippen molar-refractivity contribution in [2.24, 2.45) is 0 Å². The van der Waals surface area contributed by atoms with Crippen LogP contribution in [0.1, 0.15) is 61.4 Å². The number of fused-ring (bicyclic) bond motifs is 1. The molecule has 1 fully saturated rings. The lowest BCUT2D eigenvalue weighted by Gasteiger charge is -2.20. The highest BCUT2D eigenvalue weighted by Crippen LogP contribution is 2.27. The van der Waals surface area contributed by atoms with Gasteiger partial charge >= 0.3 is 0 Å². The quantitative estimate of drug-likeness (QED) is 0.595. The van der Waals surface area contributed by atoms with E-state index in [0.717, 1.165) is 65.0 Å². The van der Waals surface area contributed by atoms with Gasteiger partial charge in [-0.15, -0.1) is 0 Å². The third-order valence-corrected chi connectivity index (χ3v) is 6.73. The van der Waals surface area contributed by atoms with Crippen molar-refractivity contribution in [3.8, 4) is 5.69 Å². The van der Waals surface area contributed by atoms with E-state index in [4.69, 9.17) is 5.10 Å². The van der Waals surface area contributed by atoms with Crippen LogP contribution in [-0.4, -0.2) is 38.2 Å². The molecule has 0 unspecified atom stereocenters. The summed E-state index contributed by atoms with van der Waals surface area (Å²) in [4.78, 5) is 28.4. The van der Waals surface area contributed by atoms with Gasteiger partial charge in [-0.2, -0.15) is 5.10 Å². The van der Waals surface area contributed by atoms with Crippen molar-refractivity contribution >= 4 is 16.9 Å². The van der Waals surface area contributed by atoms with Gasteiger partial charge in [0, 0.05) is 37.0 Å². The minimum absolute atomic E-state index is 0.00466. The van der Waals surface area contributed by atoms with Crippen molar-refractivity contribution in [1.82, 2.24) is 19.2 Å². The van der Waals surface area contributed by atoms with Crippen LogP contribution in [0, 0.1) is 20.8 Å². The molecule has 6 nitrogen and oxygen atoms in total. The maximum Gasteiger partial charge on any atom is 0.255 e. The Bertz CT molecular complexity index is 1200. The van der Waals surface area contributed by atoms with Crippen molar-refractivity contribution in [2.45, 2.75) is 72.8 Å². The van der Waals surface area contributed by atoms with E-state index >= 15 is 0 Å². The molecule has 3 heterocycles. The molecule has 3 aromatic rings. The Balaban J connectivity index is 1.74. The predicted molar refractivity (Wildman–Crippen MR) is 129 cm³/mol. The van der Waals surface area contributed by atoms with Crippen LogP contribution in [0.15, 0.2) is 29.1 Å². The molecule has 1 aliphatic rings. The summed E-state index contributed by atoms with van der Waals surface area (Å²) in [6, 6.07) is 8.17. The van der Waals surface area contributed by atoms with Gasteiger partial charge in [0.1, 0.15) is 5.65 Å². The lowest BCUT2D eigenvalue weighted by molar-refractivity contribution is -0.131. The van der Waals surface area contributed by atoms with Crippen LogP contribution >= 0.6 is 0 Å². The molecule has 0 radical (unpaired) electrons. The zero-order valence-electron chi connectivity index (χ0n) is 19.8. The van der Waals surface area contributed by atoms with Gasteiger partial charge < -0.3 is 4.90 Å². The second-order valence-electron chi connectivity index (χ2n) is 8.98. The van der Waals surface area contributed by atoms with Crippen molar-refractivity contribution in [3.05, 3.63) is 57.0 Å². The van der Waals surface area contributed by atoms with E-state index in [1.54, 1.807) is 0 Å². The first-order chi connectivity index (χ1) is 15.4. The molecule has 6 heteroatoms. The molecule has 0 saturated carbocycles. The minimum atomic E-state index is -0.00466. The largest absolute Gasteiger partial charge is 0.343 e. The highest BCUT2D eigenvalue weighted by Gasteiger charge is 2.22. The fourth-order valence-electron chi connectivity index (χ4n) is 5.01. The number of hydrogen-bond donors (Lipinski definition) is 0. The first-order valence-corrected chi connectivity index (χ1v) is 11.9. The fourth-order valence-corrected chi connectivity index (χ4v) is 5.01. The monoisotopic (exact) mass is 434 g/mol. The zero-order chi connectivity index (χ0) is 22.8. The average Bonchev–Trinajstić information content (AvgIpc) is 2.93. The normalized spacial score (nSPS) is 14.7. The summed E-state index contributed by atoms with van der Waals surface area (Å²) in [7, 11) is 0. The lowest BCUT2D eigenvalue weighted by atomic mass is 10.0. The van der Waals surface area contributed by atoms with Gasteiger partial charge in [-0.05, 0) is 70.2 Å². The average molecular weight is 435 g/mol. The van der Waals surface area contributed by atoms with Gasteiger partial charge in [-0.1, -0.05) is 25.0 Å². The Morgan fingerprint density at radius 3 is 2.44 bits per heavy atom. The first-order valence-electron chi connectivity index (χ1n) is 11.9. The van der Waals surface area contributed by atoms with Gasteiger partial charge in [0.25, 0.3) is 5.56 Å². The van der Waals surface area contributed by atoms with E-state index in [1.165, 1.54) is 12.8 Å². The number of pyridine rings is 1. The van der Waals surface area contributed by atoms with Crippen LogP contribution in [-0.2, 0) is 17.8 Å². The number of aryl methyl sites for hydroxylation is 4. The number of amides is 1. The number of carbonyl (C=O) groups excluding carboxylic acids is 1. The SMILES string of the molecule is CCn1c(=O)c(CCC(=O)N2CCCCCC2)c(C)c2c(C)nn(-c3cccc(C)c3)c21. The Morgan fingerprint density at radius 1 is 1.06 bits per heavy atom. The molecule has 32 heavy (non-hydrogen) atoms. The van der Waals surface area contributed by atoms with Crippen LogP contribution in [0.2, 0.25) is 0 Å². The van der Waals surface area contributed by atoms with E-state index in [0.29, 0.717) is 19.4 Å². The van der Waals surface area contributed by atoms with Crippen molar-refractivity contribution in [2.75, 3.05) is 13.1 Å². The number of aromatic nitrogens is 3. The van der Waals surface area contributed by atoms with Crippen LogP contribution in [0.4, 0.5) is 0 Å². The topological polar surface area (TPSA) is 60.1 Å². The summed E-state index contributed by atoms with van der Waals surface area (Å²) >= 11 is 0. The lowest BCUT2D eigenvalue weighted by Crippen LogP contribution is -2.33. The van der Waals surface area contributed by atoms with Crippen LogP contribution < -0.4 is 5.56 Å². The Morgan fingerprint density at radius 2 is 1.78 bits per heavy atom. The van der Waals surface area contributed by atoms with Crippen molar-refractivity contribution in [1.29, 1.82) is 0 Å². The van der Waals surface area contributed by atoms with E-state index < -0.39 is 0 Å². The van der Waals surface area contributed by atoms with E-state index in [9.17, 15) is 9.59 Å². The van der Waals surface area contributed by atoms with E-state index in [2.05, 4.69) is 19.1 Å². The number of benzene rings is 1. The molecule has 1 aromatic carbocycles. The highest BCUT2D eigenvalue weighted by molar-refractivity contribution is 5.85. The molecular weight excluding hydrogens is 400 g/mol. The fraction of sp³-hybridized carbons (Fsp3) is 0.500. The summed E-state index contributed by atoms with van der Waals surface area (Å²) in [5.41, 5.74) is 5.53. The number of rotatable bonds is 5. The molecule has 0 spiro atoms. The van der Waals surface area contributed by atoms with Crippen LogP contribution in [0.5, 0.6) is 0 Å². The van der Waals surface area contributed by atoms with E-state index in [-0.39, 0.29) is 11.5 Å². The van der Waals surface area contributed by atoms with Gasteiger partial charge in [-0.3, -0.25) is 14.2 Å².